The minimum Gasteiger partial charge on any atom is -0.330 e. The highest BCUT2D eigenvalue weighted by Crippen LogP contribution is 2.22. The van der Waals surface area contributed by atoms with Crippen LogP contribution in [0.2, 0.25) is 0 Å². The molecule has 0 saturated carbocycles. The number of rotatable bonds is 4. The third-order valence-electron chi connectivity index (χ3n) is 2.84. The van der Waals surface area contributed by atoms with Gasteiger partial charge in [0.25, 0.3) is 5.69 Å². The molecule has 0 N–H and O–H groups in total. The lowest BCUT2D eigenvalue weighted by Gasteiger charge is -2.10. The average molecular weight is 263 g/mol. The molecule has 0 unspecified atom stereocenters. The fourth-order valence-electron chi connectivity index (χ4n) is 2.00. The van der Waals surface area contributed by atoms with Crippen molar-refractivity contribution in [3.8, 4) is 0 Å². The molecule has 0 aliphatic carbocycles. The van der Waals surface area contributed by atoms with Gasteiger partial charge in [0.15, 0.2) is 0 Å². The van der Waals surface area contributed by atoms with Crippen molar-refractivity contribution in [2.75, 3.05) is 0 Å². The van der Waals surface area contributed by atoms with Crippen molar-refractivity contribution in [3.05, 3.63) is 57.9 Å². The van der Waals surface area contributed by atoms with E-state index in [9.17, 15) is 14.5 Å². The molecule has 5 nitrogen and oxygen atoms in total. The SMILES string of the molecule is CC(C)c1nccn1Cc1cc(F)ccc1[N+](=O)[O-]. The Morgan fingerprint density at radius 1 is 1.47 bits per heavy atom. The number of nitro benzene ring substituents is 1. The van der Waals surface area contributed by atoms with Crippen molar-refractivity contribution in [2.45, 2.75) is 26.3 Å². The van der Waals surface area contributed by atoms with Crippen LogP contribution in [-0.4, -0.2) is 14.5 Å². The Kier molecular flexibility index (Phi) is 3.59. The second-order valence-corrected chi connectivity index (χ2v) is 4.60. The number of hydrogen-bond donors (Lipinski definition) is 0. The molecule has 0 aliphatic heterocycles. The van der Waals surface area contributed by atoms with Crippen LogP contribution in [0.15, 0.2) is 30.6 Å². The van der Waals surface area contributed by atoms with Gasteiger partial charge in [0.05, 0.1) is 17.0 Å². The van der Waals surface area contributed by atoms with Gasteiger partial charge in [-0.3, -0.25) is 10.1 Å². The standard InChI is InChI=1S/C13H14FN3O2/c1-9(2)13-15-5-6-16(13)8-10-7-11(14)3-4-12(10)17(18)19/h3-7,9H,8H2,1-2H3. The van der Waals surface area contributed by atoms with Gasteiger partial charge in [-0.25, -0.2) is 9.37 Å². The lowest BCUT2D eigenvalue weighted by Crippen LogP contribution is -2.08. The molecular weight excluding hydrogens is 249 g/mol. The molecule has 0 radical (unpaired) electrons. The normalized spacial score (nSPS) is 10.9. The van der Waals surface area contributed by atoms with Gasteiger partial charge < -0.3 is 4.57 Å². The lowest BCUT2D eigenvalue weighted by atomic mass is 10.1. The van der Waals surface area contributed by atoms with E-state index < -0.39 is 10.7 Å². The first kappa shape index (κ1) is 13.2. The Morgan fingerprint density at radius 2 is 2.21 bits per heavy atom. The molecule has 6 heteroatoms. The van der Waals surface area contributed by atoms with Crippen LogP contribution in [0.5, 0.6) is 0 Å². The zero-order valence-electron chi connectivity index (χ0n) is 10.7. The van der Waals surface area contributed by atoms with Crippen LogP contribution in [0.1, 0.15) is 31.2 Å². The van der Waals surface area contributed by atoms with Crippen LogP contribution in [-0.2, 0) is 6.54 Å². The summed E-state index contributed by atoms with van der Waals surface area (Å²) < 4.78 is 15.0. The predicted molar refractivity (Wildman–Crippen MR) is 68.5 cm³/mol. The van der Waals surface area contributed by atoms with Crippen molar-refractivity contribution in [1.82, 2.24) is 9.55 Å². The van der Waals surface area contributed by atoms with Crippen LogP contribution < -0.4 is 0 Å². The van der Waals surface area contributed by atoms with Crippen LogP contribution in [0, 0.1) is 15.9 Å². The second-order valence-electron chi connectivity index (χ2n) is 4.60. The summed E-state index contributed by atoms with van der Waals surface area (Å²) in [6, 6.07) is 3.48. The molecule has 0 fully saturated rings. The monoisotopic (exact) mass is 263 g/mol. The molecule has 0 aliphatic rings. The van der Waals surface area contributed by atoms with Crippen LogP contribution in [0.3, 0.4) is 0 Å². The summed E-state index contributed by atoms with van der Waals surface area (Å²) in [5, 5.41) is 10.9. The molecule has 19 heavy (non-hydrogen) atoms. The minimum atomic E-state index is -0.499. The van der Waals surface area contributed by atoms with E-state index in [-0.39, 0.29) is 18.2 Å². The number of hydrogen-bond acceptors (Lipinski definition) is 3. The van der Waals surface area contributed by atoms with Gasteiger partial charge in [-0.15, -0.1) is 0 Å². The van der Waals surface area contributed by atoms with Gasteiger partial charge in [0.2, 0.25) is 0 Å². The van der Waals surface area contributed by atoms with Crippen LogP contribution >= 0.6 is 0 Å². The fourth-order valence-corrected chi connectivity index (χ4v) is 2.00. The smallest absolute Gasteiger partial charge is 0.274 e. The summed E-state index contributed by atoms with van der Waals surface area (Å²) >= 11 is 0. The maximum absolute atomic E-state index is 13.3. The van der Waals surface area contributed by atoms with Gasteiger partial charge in [-0.05, 0) is 12.1 Å². The van der Waals surface area contributed by atoms with Crippen molar-refractivity contribution >= 4 is 5.69 Å². The predicted octanol–water partition coefficient (Wildman–Crippen LogP) is 3.10. The molecule has 0 bridgehead atoms. The van der Waals surface area contributed by atoms with Gasteiger partial charge in [0.1, 0.15) is 11.6 Å². The van der Waals surface area contributed by atoms with E-state index in [4.69, 9.17) is 0 Å². The molecule has 1 heterocycles. The Balaban J connectivity index is 2.40. The largest absolute Gasteiger partial charge is 0.330 e. The molecule has 0 spiro atoms. The Labute approximate surface area is 109 Å². The molecule has 0 atom stereocenters. The maximum Gasteiger partial charge on any atom is 0.274 e. The minimum absolute atomic E-state index is 0.0789. The number of nitro groups is 1. The first-order valence-electron chi connectivity index (χ1n) is 5.93. The molecule has 2 rings (SSSR count). The van der Waals surface area contributed by atoms with E-state index in [2.05, 4.69) is 4.98 Å². The topological polar surface area (TPSA) is 61.0 Å². The fraction of sp³-hybridized carbons (Fsp3) is 0.308. The Morgan fingerprint density at radius 3 is 2.84 bits per heavy atom. The van der Waals surface area contributed by atoms with E-state index in [1.54, 1.807) is 17.0 Å². The highest BCUT2D eigenvalue weighted by molar-refractivity contribution is 5.40. The number of nitrogens with zero attached hydrogens (tertiary/aromatic N) is 3. The van der Waals surface area contributed by atoms with Gasteiger partial charge in [-0.2, -0.15) is 0 Å². The van der Waals surface area contributed by atoms with Crippen molar-refractivity contribution in [1.29, 1.82) is 0 Å². The Hall–Kier alpha value is -2.24. The summed E-state index contributed by atoms with van der Waals surface area (Å²) in [6.07, 6.45) is 3.38. The summed E-state index contributed by atoms with van der Waals surface area (Å²) in [5.41, 5.74) is 0.259. The average Bonchev–Trinajstić information content (AvgIpc) is 2.76. The highest BCUT2D eigenvalue weighted by atomic mass is 19.1. The molecular formula is C13H14FN3O2. The molecule has 0 saturated heterocycles. The molecule has 1 aromatic heterocycles. The summed E-state index contributed by atoms with van der Waals surface area (Å²) in [6.45, 7) is 4.21. The zero-order chi connectivity index (χ0) is 14.0. The molecule has 2 aromatic rings. The van der Waals surface area contributed by atoms with E-state index in [0.717, 1.165) is 11.9 Å². The van der Waals surface area contributed by atoms with Gasteiger partial charge >= 0.3 is 0 Å². The van der Waals surface area contributed by atoms with E-state index >= 15 is 0 Å². The number of benzene rings is 1. The molecule has 0 amide bonds. The lowest BCUT2D eigenvalue weighted by molar-refractivity contribution is -0.385. The third kappa shape index (κ3) is 2.78. The van der Waals surface area contributed by atoms with Gasteiger partial charge in [-0.1, -0.05) is 13.8 Å². The first-order valence-corrected chi connectivity index (χ1v) is 5.93. The number of aromatic nitrogens is 2. The molecule has 100 valence electrons. The zero-order valence-corrected chi connectivity index (χ0v) is 10.7. The third-order valence-corrected chi connectivity index (χ3v) is 2.84. The summed E-state index contributed by atoms with van der Waals surface area (Å²) in [5.74, 6) is 0.535. The maximum atomic E-state index is 13.3. The van der Waals surface area contributed by atoms with Gasteiger partial charge in [0, 0.05) is 24.4 Å². The van der Waals surface area contributed by atoms with E-state index in [0.29, 0.717) is 5.56 Å². The first-order chi connectivity index (χ1) is 8.99. The summed E-state index contributed by atoms with van der Waals surface area (Å²) in [7, 11) is 0. The van der Waals surface area contributed by atoms with E-state index in [1.165, 1.54) is 12.1 Å². The van der Waals surface area contributed by atoms with Crippen molar-refractivity contribution in [2.24, 2.45) is 0 Å². The second kappa shape index (κ2) is 5.17. The summed E-state index contributed by atoms with van der Waals surface area (Å²) in [4.78, 5) is 14.6. The quantitative estimate of drug-likeness (QED) is 0.629. The van der Waals surface area contributed by atoms with Crippen LogP contribution in [0.4, 0.5) is 10.1 Å². The van der Waals surface area contributed by atoms with Crippen LogP contribution in [0.25, 0.3) is 0 Å². The molecule has 1 aromatic carbocycles. The van der Waals surface area contributed by atoms with E-state index in [1.807, 2.05) is 13.8 Å². The highest BCUT2D eigenvalue weighted by Gasteiger charge is 2.16. The van der Waals surface area contributed by atoms with Crippen molar-refractivity contribution < 1.29 is 9.31 Å². The van der Waals surface area contributed by atoms with Crippen molar-refractivity contribution in [3.63, 3.8) is 0 Å². The number of imidazole rings is 1. The number of halogens is 1. The Bertz CT molecular complexity index is 608.